The summed E-state index contributed by atoms with van der Waals surface area (Å²) >= 11 is 0. The largest absolute Gasteiger partial charge is 0.496 e. The van der Waals surface area contributed by atoms with Crippen LogP contribution in [0.5, 0.6) is 5.75 Å². The lowest BCUT2D eigenvalue weighted by Crippen LogP contribution is -2.25. The zero-order valence-corrected chi connectivity index (χ0v) is 11.5. The molecule has 1 heterocycles. The summed E-state index contributed by atoms with van der Waals surface area (Å²) in [6, 6.07) is 8.28. The number of hydrogen-bond donors (Lipinski definition) is 1. The highest BCUT2D eigenvalue weighted by atomic mass is 16.5. The first-order valence-electron chi connectivity index (χ1n) is 6.89. The SMILES string of the molecule is COc1ccccc1C1CCN(CCOCCO)C1. The van der Waals surface area contributed by atoms with E-state index in [4.69, 9.17) is 14.6 Å². The van der Waals surface area contributed by atoms with Crippen molar-refractivity contribution in [3.05, 3.63) is 29.8 Å². The van der Waals surface area contributed by atoms with Crippen LogP contribution in [0.3, 0.4) is 0 Å². The number of likely N-dealkylation sites (tertiary alicyclic amines) is 1. The van der Waals surface area contributed by atoms with E-state index in [0.29, 0.717) is 19.1 Å². The standard InChI is InChI=1S/C15H23NO3/c1-18-15-5-3-2-4-14(15)13-6-7-16(12-13)8-10-19-11-9-17/h2-5,13,17H,6-12H2,1H3. The molecule has 0 spiro atoms. The average molecular weight is 265 g/mol. The Morgan fingerprint density at radius 1 is 1.32 bits per heavy atom. The molecule has 1 atom stereocenters. The Labute approximate surface area is 114 Å². The van der Waals surface area contributed by atoms with Crippen molar-refractivity contribution in [2.45, 2.75) is 12.3 Å². The van der Waals surface area contributed by atoms with Crippen molar-refractivity contribution in [2.24, 2.45) is 0 Å². The van der Waals surface area contributed by atoms with Gasteiger partial charge >= 0.3 is 0 Å². The molecule has 4 heteroatoms. The molecule has 106 valence electrons. The fourth-order valence-corrected chi connectivity index (χ4v) is 2.65. The van der Waals surface area contributed by atoms with Crippen LogP contribution in [-0.2, 0) is 4.74 Å². The van der Waals surface area contributed by atoms with E-state index in [1.165, 1.54) is 12.0 Å². The molecular formula is C15H23NO3. The van der Waals surface area contributed by atoms with E-state index in [2.05, 4.69) is 17.0 Å². The molecule has 4 nitrogen and oxygen atoms in total. The van der Waals surface area contributed by atoms with Gasteiger partial charge in [-0.2, -0.15) is 0 Å². The summed E-state index contributed by atoms with van der Waals surface area (Å²) in [4.78, 5) is 2.41. The third-order valence-electron chi connectivity index (χ3n) is 3.64. The van der Waals surface area contributed by atoms with Gasteiger partial charge in [0, 0.05) is 19.0 Å². The summed E-state index contributed by atoms with van der Waals surface area (Å²) in [5.41, 5.74) is 1.31. The molecule has 2 rings (SSSR count). The summed E-state index contributed by atoms with van der Waals surface area (Å²) < 4.78 is 10.7. The van der Waals surface area contributed by atoms with E-state index < -0.39 is 0 Å². The van der Waals surface area contributed by atoms with E-state index in [1.54, 1.807) is 7.11 Å². The molecule has 0 saturated carbocycles. The second-order valence-electron chi connectivity index (χ2n) is 4.86. The molecule has 1 aromatic carbocycles. The van der Waals surface area contributed by atoms with Gasteiger partial charge in [-0.1, -0.05) is 18.2 Å². The number of aliphatic hydroxyl groups excluding tert-OH is 1. The van der Waals surface area contributed by atoms with Crippen molar-refractivity contribution in [3.8, 4) is 5.75 Å². The van der Waals surface area contributed by atoms with Crippen molar-refractivity contribution in [1.82, 2.24) is 4.90 Å². The van der Waals surface area contributed by atoms with Gasteiger partial charge in [0.2, 0.25) is 0 Å². The highest BCUT2D eigenvalue weighted by molar-refractivity contribution is 5.36. The maximum atomic E-state index is 8.65. The first-order chi connectivity index (χ1) is 9.35. The van der Waals surface area contributed by atoms with Gasteiger partial charge in [-0.05, 0) is 24.6 Å². The number of aliphatic hydroxyl groups is 1. The van der Waals surface area contributed by atoms with Crippen molar-refractivity contribution in [2.75, 3.05) is 46.6 Å². The summed E-state index contributed by atoms with van der Waals surface area (Å²) in [5.74, 6) is 1.54. The Morgan fingerprint density at radius 2 is 2.16 bits per heavy atom. The third-order valence-corrected chi connectivity index (χ3v) is 3.64. The second-order valence-corrected chi connectivity index (χ2v) is 4.86. The van der Waals surface area contributed by atoms with Gasteiger partial charge in [0.25, 0.3) is 0 Å². The number of rotatable bonds is 7. The quantitative estimate of drug-likeness (QED) is 0.759. The molecule has 0 amide bonds. The first kappa shape index (κ1) is 14.3. The lowest BCUT2D eigenvalue weighted by Gasteiger charge is -2.17. The van der Waals surface area contributed by atoms with Crippen molar-refractivity contribution in [1.29, 1.82) is 0 Å². The van der Waals surface area contributed by atoms with Crippen LogP contribution in [0.25, 0.3) is 0 Å². The monoisotopic (exact) mass is 265 g/mol. The van der Waals surface area contributed by atoms with Crippen LogP contribution < -0.4 is 4.74 Å². The van der Waals surface area contributed by atoms with Crippen molar-refractivity contribution < 1.29 is 14.6 Å². The van der Waals surface area contributed by atoms with E-state index in [1.807, 2.05) is 12.1 Å². The van der Waals surface area contributed by atoms with E-state index in [-0.39, 0.29) is 6.61 Å². The van der Waals surface area contributed by atoms with Gasteiger partial charge in [-0.3, -0.25) is 0 Å². The molecule has 0 bridgehead atoms. The maximum Gasteiger partial charge on any atom is 0.122 e. The molecule has 1 saturated heterocycles. The van der Waals surface area contributed by atoms with Crippen LogP contribution in [-0.4, -0.2) is 56.6 Å². The third kappa shape index (κ3) is 3.93. The van der Waals surface area contributed by atoms with Gasteiger partial charge in [0.1, 0.15) is 5.75 Å². The number of methoxy groups -OCH3 is 1. The van der Waals surface area contributed by atoms with Crippen molar-refractivity contribution in [3.63, 3.8) is 0 Å². The Morgan fingerprint density at radius 3 is 2.95 bits per heavy atom. The van der Waals surface area contributed by atoms with Crippen LogP contribution in [0, 0.1) is 0 Å². The number of ether oxygens (including phenoxy) is 2. The molecule has 1 unspecified atom stereocenters. The first-order valence-corrected chi connectivity index (χ1v) is 6.89. The van der Waals surface area contributed by atoms with Crippen LogP contribution in [0.1, 0.15) is 17.9 Å². The Kier molecular flexibility index (Phi) is 5.63. The fourth-order valence-electron chi connectivity index (χ4n) is 2.65. The molecule has 1 fully saturated rings. The highest BCUT2D eigenvalue weighted by Gasteiger charge is 2.25. The predicted octanol–water partition coefficient (Wildman–Crippen LogP) is 1.49. The Balaban J connectivity index is 1.84. The van der Waals surface area contributed by atoms with E-state index in [0.717, 1.165) is 25.4 Å². The van der Waals surface area contributed by atoms with E-state index >= 15 is 0 Å². The second kappa shape index (κ2) is 7.48. The van der Waals surface area contributed by atoms with Gasteiger partial charge < -0.3 is 19.5 Å². The number of nitrogens with zero attached hydrogens (tertiary/aromatic N) is 1. The predicted molar refractivity (Wildman–Crippen MR) is 74.7 cm³/mol. The van der Waals surface area contributed by atoms with Gasteiger partial charge in [-0.25, -0.2) is 0 Å². The lowest BCUT2D eigenvalue weighted by molar-refractivity contribution is 0.0779. The molecule has 0 aliphatic carbocycles. The topological polar surface area (TPSA) is 41.9 Å². The van der Waals surface area contributed by atoms with E-state index in [9.17, 15) is 0 Å². The Hall–Kier alpha value is -1.10. The fraction of sp³-hybridized carbons (Fsp3) is 0.600. The van der Waals surface area contributed by atoms with Crippen LogP contribution >= 0.6 is 0 Å². The Bertz CT molecular complexity index is 383. The van der Waals surface area contributed by atoms with Crippen molar-refractivity contribution >= 4 is 0 Å². The minimum absolute atomic E-state index is 0.101. The lowest BCUT2D eigenvalue weighted by atomic mass is 9.97. The normalized spacial score (nSPS) is 19.8. The molecular weight excluding hydrogens is 242 g/mol. The molecule has 1 N–H and O–H groups in total. The number of benzene rings is 1. The van der Waals surface area contributed by atoms with Gasteiger partial charge in [-0.15, -0.1) is 0 Å². The minimum atomic E-state index is 0.101. The molecule has 1 aliphatic rings. The molecule has 1 aromatic rings. The summed E-state index contributed by atoms with van der Waals surface area (Å²) in [5, 5.41) is 8.65. The van der Waals surface area contributed by atoms with Crippen LogP contribution in [0.4, 0.5) is 0 Å². The summed E-state index contributed by atoms with van der Waals surface area (Å²) in [6.45, 7) is 4.33. The summed E-state index contributed by atoms with van der Waals surface area (Å²) in [6.07, 6.45) is 1.17. The molecule has 1 aliphatic heterocycles. The van der Waals surface area contributed by atoms with Crippen LogP contribution in [0.2, 0.25) is 0 Å². The van der Waals surface area contributed by atoms with Gasteiger partial charge in [0.15, 0.2) is 0 Å². The number of para-hydroxylation sites is 1. The van der Waals surface area contributed by atoms with Gasteiger partial charge in [0.05, 0.1) is 26.9 Å². The molecule has 0 aromatic heterocycles. The summed E-state index contributed by atoms with van der Waals surface area (Å²) in [7, 11) is 1.73. The zero-order valence-electron chi connectivity index (χ0n) is 11.5. The highest BCUT2D eigenvalue weighted by Crippen LogP contribution is 2.33. The smallest absolute Gasteiger partial charge is 0.122 e. The maximum absolute atomic E-state index is 8.65. The average Bonchev–Trinajstić information content (AvgIpc) is 2.92. The number of hydrogen-bond acceptors (Lipinski definition) is 4. The molecule has 19 heavy (non-hydrogen) atoms. The zero-order chi connectivity index (χ0) is 13.5. The minimum Gasteiger partial charge on any atom is -0.496 e. The van der Waals surface area contributed by atoms with Crippen LogP contribution in [0.15, 0.2) is 24.3 Å². The molecule has 0 radical (unpaired) electrons.